The van der Waals surface area contributed by atoms with Gasteiger partial charge in [0.1, 0.15) is 0 Å². The second-order valence-corrected chi connectivity index (χ2v) is 6.52. The third kappa shape index (κ3) is 4.36. The standard InChI is InChI=1S/C18H24N4O3/c1-13(11-19-18(24)22-9-7-14(12-23)8-10-22)17-20-16(21-25-17)15-5-3-2-4-6-15/h2-6,13-14,23H,7-12H2,1H3,(H,19,24). The van der Waals surface area contributed by atoms with E-state index in [-0.39, 0.29) is 18.6 Å². The van der Waals surface area contributed by atoms with E-state index in [9.17, 15) is 4.79 Å². The van der Waals surface area contributed by atoms with Gasteiger partial charge in [-0.25, -0.2) is 4.79 Å². The SMILES string of the molecule is CC(CNC(=O)N1CCC(CO)CC1)c1nc(-c2ccccc2)no1. The van der Waals surface area contributed by atoms with Gasteiger partial charge in [0.2, 0.25) is 11.7 Å². The lowest BCUT2D eigenvalue weighted by atomic mass is 9.98. The minimum absolute atomic E-state index is 0.0658. The molecule has 1 aromatic carbocycles. The quantitative estimate of drug-likeness (QED) is 0.868. The highest BCUT2D eigenvalue weighted by atomic mass is 16.5. The second kappa shape index (κ2) is 8.11. The van der Waals surface area contributed by atoms with Crippen molar-refractivity contribution in [3.05, 3.63) is 36.2 Å². The third-order valence-corrected chi connectivity index (χ3v) is 4.61. The molecule has 0 spiro atoms. The van der Waals surface area contributed by atoms with Crippen LogP contribution in [0.15, 0.2) is 34.9 Å². The summed E-state index contributed by atoms with van der Waals surface area (Å²) >= 11 is 0. The molecule has 1 atom stereocenters. The predicted molar refractivity (Wildman–Crippen MR) is 92.9 cm³/mol. The van der Waals surface area contributed by atoms with Crippen LogP contribution in [0.25, 0.3) is 11.4 Å². The summed E-state index contributed by atoms with van der Waals surface area (Å²) in [6, 6.07) is 9.57. The van der Waals surface area contributed by atoms with E-state index in [1.165, 1.54) is 0 Å². The number of carbonyl (C=O) groups is 1. The average Bonchev–Trinajstić information content (AvgIpc) is 3.17. The van der Waals surface area contributed by atoms with Crippen LogP contribution in [-0.4, -0.2) is 52.4 Å². The first-order chi connectivity index (χ1) is 12.2. The molecule has 7 nitrogen and oxygen atoms in total. The van der Waals surface area contributed by atoms with E-state index < -0.39 is 0 Å². The van der Waals surface area contributed by atoms with Gasteiger partial charge in [0.15, 0.2) is 0 Å². The largest absolute Gasteiger partial charge is 0.396 e. The van der Waals surface area contributed by atoms with Gasteiger partial charge < -0.3 is 19.8 Å². The van der Waals surface area contributed by atoms with Crippen LogP contribution in [0.3, 0.4) is 0 Å². The van der Waals surface area contributed by atoms with E-state index in [0.29, 0.717) is 37.3 Å². The number of aliphatic hydroxyl groups excluding tert-OH is 1. The molecular weight excluding hydrogens is 320 g/mol. The predicted octanol–water partition coefficient (Wildman–Crippen LogP) is 2.25. The van der Waals surface area contributed by atoms with Gasteiger partial charge in [-0.3, -0.25) is 0 Å². The number of amides is 2. The Bertz CT molecular complexity index is 681. The van der Waals surface area contributed by atoms with E-state index in [2.05, 4.69) is 15.5 Å². The Kier molecular flexibility index (Phi) is 5.65. The summed E-state index contributed by atoms with van der Waals surface area (Å²) in [4.78, 5) is 18.5. The van der Waals surface area contributed by atoms with Crippen LogP contribution in [0.2, 0.25) is 0 Å². The summed E-state index contributed by atoms with van der Waals surface area (Å²) in [5.74, 6) is 1.32. The molecule has 2 heterocycles. The van der Waals surface area contributed by atoms with Gasteiger partial charge in [0.25, 0.3) is 0 Å². The van der Waals surface area contributed by atoms with Gasteiger partial charge in [-0.15, -0.1) is 0 Å². The number of nitrogens with one attached hydrogen (secondary N) is 1. The molecule has 1 aromatic heterocycles. The lowest BCUT2D eigenvalue weighted by Gasteiger charge is -2.31. The summed E-state index contributed by atoms with van der Waals surface area (Å²) in [6.45, 7) is 3.96. The summed E-state index contributed by atoms with van der Waals surface area (Å²) in [5, 5.41) is 16.1. The van der Waals surface area contributed by atoms with Crippen LogP contribution < -0.4 is 5.32 Å². The van der Waals surface area contributed by atoms with Gasteiger partial charge in [-0.05, 0) is 18.8 Å². The number of hydrogen-bond donors (Lipinski definition) is 2. The van der Waals surface area contributed by atoms with Crippen molar-refractivity contribution in [1.29, 1.82) is 0 Å². The molecule has 0 aliphatic carbocycles. The van der Waals surface area contributed by atoms with Crippen molar-refractivity contribution in [2.45, 2.75) is 25.7 Å². The first-order valence-electron chi connectivity index (χ1n) is 8.70. The molecule has 0 bridgehead atoms. The zero-order chi connectivity index (χ0) is 17.6. The van der Waals surface area contributed by atoms with Crippen molar-refractivity contribution >= 4 is 6.03 Å². The molecule has 2 amide bonds. The summed E-state index contributed by atoms with van der Waals surface area (Å²) in [7, 11) is 0. The molecule has 25 heavy (non-hydrogen) atoms. The number of aliphatic hydroxyl groups is 1. The molecule has 3 rings (SSSR count). The van der Waals surface area contributed by atoms with Crippen LogP contribution >= 0.6 is 0 Å². The van der Waals surface area contributed by atoms with Crippen LogP contribution in [0, 0.1) is 5.92 Å². The van der Waals surface area contributed by atoms with Crippen LogP contribution in [0.5, 0.6) is 0 Å². The Balaban J connectivity index is 1.50. The Morgan fingerprint density at radius 2 is 2.08 bits per heavy atom. The second-order valence-electron chi connectivity index (χ2n) is 6.52. The molecule has 2 N–H and O–H groups in total. The Hall–Kier alpha value is -2.41. The van der Waals surface area contributed by atoms with Crippen molar-refractivity contribution < 1.29 is 14.4 Å². The highest BCUT2D eigenvalue weighted by molar-refractivity contribution is 5.74. The molecule has 1 unspecified atom stereocenters. The van der Waals surface area contributed by atoms with E-state index in [1.807, 2.05) is 37.3 Å². The van der Waals surface area contributed by atoms with Crippen molar-refractivity contribution in [2.24, 2.45) is 5.92 Å². The van der Waals surface area contributed by atoms with Gasteiger partial charge in [0, 0.05) is 31.8 Å². The zero-order valence-corrected chi connectivity index (χ0v) is 14.4. The number of aromatic nitrogens is 2. The molecule has 2 aromatic rings. The van der Waals surface area contributed by atoms with E-state index in [1.54, 1.807) is 4.90 Å². The topological polar surface area (TPSA) is 91.5 Å². The minimum atomic E-state index is -0.0777. The molecule has 7 heteroatoms. The summed E-state index contributed by atoms with van der Waals surface area (Å²) in [6.07, 6.45) is 1.70. The van der Waals surface area contributed by atoms with Gasteiger partial charge in [-0.2, -0.15) is 4.98 Å². The van der Waals surface area contributed by atoms with Crippen molar-refractivity contribution in [1.82, 2.24) is 20.4 Å². The number of hydrogen-bond acceptors (Lipinski definition) is 5. The highest BCUT2D eigenvalue weighted by Crippen LogP contribution is 2.19. The Morgan fingerprint density at radius 3 is 2.76 bits per heavy atom. The van der Waals surface area contributed by atoms with Gasteiger partial charge >= 0.3 is 6.03 Å². The first-order valence-corrected chi connectivity index (χ1v) is 8.70. The molecule has 1 saturated heterocycles. The zero-order valence-electron chi connectivity index (χ0n) is 14.4. The Labute approximate surface area is 147 Å². The lowest BCUT2D eigenvalue weighted by Crippen LogP contribution is -2.45. The highest BCUT2D eigenvalue weighted by Gasteiger charge is 2.23. The maximum absolute atomic E-state index is 12.2. The first kappa shape index (κ1) is 17.4. The maximum Gasteiger partial charge on any atom is 0.317 e. The lowest BCUT2D eigenvalue weighted by molar-refractivity contribution is 0.137. The fourth-order valence-electron chi connectivity index (χ4n) is 2.90. The number of benzene rings is 1. The number of piperidine rings is 1. The van der Waals surface area contributed by atoms with Gasteiger partial charge in [0.05, 0.1) is 5.92 Å². The summed E-state index contributed by atoms with van der Waals surface area (Å²) < 4.78 is 5.33. The molecule has 1 aliphatic rings. The maximum atomic E-state index is 12.2. The van der Waals surface area contributed by atoms with Crippen LogP contribution in [0.4, 0.5) is 4.79 Å². The molecule has 134 valence electrons. The van der Waals surface area contributed by atoms with Crippen molar-refractivity contribution in [3.63, 3.8) is 0 Å². The number of nitrogens with zero attached hydrogens (tertiary/aromatic N) is 3. The number of carbonyl (C=O) groups excluding carboxylic acids is 1. The molecular formula is C18H24N4O3. The van der Waals surface area contributed by atoms with Crippen molar-refractivity contribution in [2.75, 3.05) is 26.2 Å². The third-order valence-electron chi connectivity index (χ3n) is 4.61. The van der Waals surface area contributed by atoms with E-state index in [4.69, 9.17) is 9.63 Å². The Morgan fingerprint density at radius 1 is 1.36 bits per heavy atom. The molecule has 1 fully saturated rings. The normalized spacial score (nSPS) is 16.6. The number of urea groups is 1. The average molecular weight is 344 g/mol. The minimum Gasteiger partial charge on any atom is -0.396 e. The van der Waals surface area contributed by atoms with Crippen molar-refractivity contribution in [3.8, 4) is 11.4 Å². The number of rotatable bonds is 5. The monoisotopic (exact) mass is 344 g/mol. The summed E-state index contributed by atoms with van der Waals surface area (Å²) in [5.41, 5.74) is 0.903. The van der Waals surface area contributed by atoms with E-state index in [0.717, 1.165) is 18.4 Å². The fraction of sp³-hybridized carbons (Fsp3) is 0.500. The fourth-order valence-corrected chi connectivity index (χ4v) is 2.90. The van der Waals surface area contributed by atoms with Crippen LogP contribution in [0.1, 0.15) is 31.6 Å². The molecule has 0 saturated carbocycles. The van der Waals surface area contributed by atoms with Crippen LogP contribution in [-0.2, 0) is 0 Å². The molecule has 1 aliphatic heterocycles. The van der Waals surface area contributed by atoms with E-state index >= 15 is 0 Å². The van der Waals surface area contributed by atoms with Gasteiger partial charge in [-0.1, -0.05) is 42.4 Å². The number of likely N-dealkylation sites (tertiary alicyclic amines) is 1. The molecule has 0 radical (unpaired) electrons. The smallest absolute Gasteiger partial charge is 0.317 e.